The molecule has 18 heavy (non-hydrogen) atoms. The lowest BCUT2D eigenvalue weighted by Gasteiger charge is -2.09. The van der Waals surface area contributed by atoms with E-state index in [4.69, 9.17) is 27.5 Å². The first-order valence-corrected chi connectivity index (χ1v) is 6.77. The highest BCUT2D eigenvalue weighted by Crippen LogP contribution is 2.22. The Morgan fingerprint density at radius 1 is 1.56 bits per heavy atom. The lowest BCUT2D eigenvalue weighted by molar-refractivity contribution is -0.113. The van der Waals surface area contributed by atoms with Crippen LogP contribution in [0.25, 0.3) is 0 Å². The zero-order valence-electron chi connectivity index (χ0n) is 9.60. The van der Waals surface area contributed by atoms with Gasteiger partial charge in [-0.25, -0.2) is 0 Å². The van der Waals surface area contributed by atoms with Crippen LogP contribution in [0.15, 0.2) is 18.2 Å². The van der Waals surface area contributed by atoms with E-state index in [0.717, 1.165) is 0 Å². The number of hydrogen-bond donors (Lipinski definition) is 4. The van der Waals surface area contributed by atoms with E-state index < -0.39 is 6.10 Å². The van der Waals surface area contributed by atoms with E-state index in [1.165, 1.54) is 11.8 Å². The van der Waals surface area contributed by atoms with Crippen molar-refractivity contribution in [2.24, 2.45) is 0 Å². The molecule has 1 aromatic rings. The molecule has 1 atom stereocenters. The Bertz CT molecular complexity index is 417. The molecule has 0 aliphatic rings. The number of aliphatic hydroxyl groups is 2. The van der Waals surface area contributed by atoms with Crippen molar-refractivity contribution < 1.29 is 15.0 Å². The van der Waals surface area contributed by atoms with Crippen molar-refractivity contribution in [2.45, 2.75) is 6.10 Å². The van der Waals surface area contributed by atoms with Gasteiger partial charge in [-0.2, -0.15) is 0 Å². The Morgan fingerprint density at radius 2 is 2.28 bits per heavy atom. The third-order valence-corrected chi connectivity index (χ3v) is 3.36. The van der Waals surface area contributed by atoms with E-state index in [0.29, 0.717) is 22.2 Å². The van der Waals surface area contributed by atoms with Gasteiger partial charge in [0.25, 0.3) is 0 Å². The van der Waals surface area contributed by atoms with E-state index in [1.807, 2.05) is 0 Å². The minimum atomic E-state index is -0.802. The van der Waals surface area contributed by atoms with Gasteiger partial charge in [0.05, 0.1) is 29.8 Å². The zero-order valence-corrected chi connectivity index (χ0v) is 11.2. The molecule has 0 spiro atoms. The summed E-state index contributed by atoms with van der Waals surface area (Å²) in [6, 6.07) is 4.82. The van der Waals surface area contributed by atoms with Crippen LogP contribution >= 0.6 is 23.4 Å². The van der Waals surface area contributed by atoms with Gasteiger partial charge in [0.2, 0.25) is 5.91 Å². The highest BCUT2D eigenvalue weighted by Gasteiger charge is 2.08. The standard InChI is InChI=1S/C11H15ClN2O3S/c12-7-1-2-10(9(13)3-7)14-11(17)6-18-5-8(16)4-15/h1-3,8,15-16H,4-6,13H2,(H,14,17). The number of aliphatic hydroxyl groups excluding tert-OH is 2. The number of halogens is 1. The molecule has 0 heterocycles. The molecule has 0 saturated carbocycles. The Labute approximate surface area is 114 Å². The van der Waals surface area contributed by atoms with Gasteiger partial charge in [-0.1, -0.05) is 11.6 Å². The van der Waals surface area contributed by atoms with Gasteiger partial charge >= 0.3 is 0 Å². The number of carbonyl (C=O) groups is 1. The van der Waals surface area contributed by atoms with Crippen molar-refractivity contribution in [1.82, 2.24) is 0 Å². The van der Waals surface area contributed by atoms with Crippen LogP contribution in [0.5, 0.6) is 0 Å². The van der Waals surface area contributed by atoms with Crippen LogP contribution in [0.2, 0.25) is 5.02 Å². The summed E-state index contributed by atoms with van der Waals surface area (Å²) in [5.41, 5.74) is 6.60. The Hall–Kier alpha value is -0.950. The van der Waals surface area contributed by atoms with Gasteiger partial charge < -0.3 is 21.3 Å². The number of nitrogen functional groups attached to an aromatic ring is 1. The molecule has 0 aromatic heterocycles. The van der Waals surface area contributed by atoms with Gasteiger partial charge in [0, 0.05) is 10.8 Å². The molecule has 1 rings (SSSR count). The number of amides is 1. The van der Waals surface area contributed by atoms with Crippen molar-refractivity contribution in [3.8, 4) is 0 Å². The number of benzene rings is 1. The molecule has 1 unspecified atom stereocenters. The van der Waals surface area contributed by atoms with E-state index in [2.05, 4.69) is 5.32 Å². The number of carbonyl (C=O) groups excluding carboxylic acids is 1. The molecular formula is C11H15ClN2O3S. The molecule has 0 fully saturated rings. The van der Waals surface area contributed by atoms with Crippen molar-refractivity contribution in [2.75, 3.05) is 29.2 Å². The second-order valence-electron chi connectivity index (χ2n) is 3.63. The highest BCUT2D eigenvalue weighted by molar-refractivity contribution is 8.00. The minimum Gasteiger partial charge on any atom is -0.397 e. The second kappa shape index (κ2) is 7.48. The third kappa shape index (κ3) is 5.14. The smallest absolute Gasteiger partial charge is 0.234 e. The fraction of sp³-hybridized carbons (Fsp3) is 0.364. The molecule has 0 bridgehead atoms. The van der Waals surface area contributed by atoms with Crippen LogP contribution in [0.1, 0.15) is 0 Å². The first kappa shape index (κ1) is 15.1. The normalized spacial score (nSPS) is 12.2. The van der Waals surface area contributed by atoms with Gasteiger partial charge in [0.15, 0.2) is 0 Å². The lowest BCUT2D eigenvalue weighted by atomic mass is 10.2. The molecule has 1 amide bonds. The molecular weight excluding hydrogens is 276 g/mol. The summed E-state index contributed by atoms with van der Waals surface area (Å²) in [5.74, 6) is 0.262. The van der Waals surface area contributed by atoms with Gasteiger partial charge in [-0.15, -0.1) is 11.8 Å². The largest absolute Gasteiger partial charge is 0.397 e. The monoisotopic (exact) mass is 290 g/mol. The maximum Gasteiger partial charge on any atom is 0.234 e. The van der Waals surface area contributed by atoms with Crippen molar-refractivity contribution in [3.63, 3.8) is 0 Å². The summed E-state index contributed by atoms with van der Waals surface area (Å²) < 4.78 is 0. The Balaban J connectivity index is 2.40. The molecule has 5 nitrogen and oxygen atoms in total. The van der Waals surface area contributed by atoms with Crippen LogP contribution in [-0.2, 0) is 4.79 Å². The fourth-order valence-electron chi connectivity index (χ4n) is 1.17. The third-order valence-electron chi connectivity index (χ3n) is 2.04. The van der Waals surface area contributed by atoms with Crippen LogP contribution in [0.3, 0.4) is 0 Å². The average molecular weight is 291 g/mol. The summed E-state index contributed by atoms with van der Waals surface area (Å²) in [6.45, 7) is -0.307. The van der Waals surface area contributed by atoms with Gasteiger partial charge in [-0.05, 0) is 18.2 Å². The van der Waals surface area contributed by atoms with Crippen molar-refractivity contribution in [1.29, 1.82) is 0 Å². The number of hydrogen-bond acceptors (Lipinski definition) is 5. The number of nitrogens with one attached hydrogen (secondary N) is 1. The summed E-state index contributed by atoms with van der Waals surface area (Å²) >= 11 is 6.97. The van der Waals surface area contributed by atoms with Gasteiger partial charge in [0.1, 0.15) is 0 Å². The quantitative estimate of drug-likeness (QED) is 0.585. The first-order valence-electron chi connectivity index (χ1n) is 5.24. The van der Waals surface area contributed by atoms with Crippen molar-refractivity contribution in [3.05, 3.63) is 23.2 Å². The average Bonchev–Trinajstić information content (AvgIpc) is 2.32. The maximum absolute atomic E-state index is 11.6. The number of nitrogens with two attached hydrogens (primary N) is 1. The highest BCUT2D eigenvalue weighted by atomic mass is 35.5. The Kier molecular flexibility index (Phi) is 6.28. The van der Waals surface area contributed by atoms with Crippen LogP contribution in [0.4, 0.5) is 11.4 Å². The molecule has 7 heteroatoms. The topological polar surface area (TPSA) is 95.6 Å². The second-order valence-corrected chi connectivity index (χ2v) is 5.10. The number of anilines is 2. The lowest BCUT2D eigenvalue weighted by Crippen LogP contribution is -2.19. The van der Waals surface area contributed by atoms with Crippen LogP contribution in [-0.4, -0.2) is 40.3 Å². The summed E-state index contributed by atoms with van der Waals surface area (Å²) in [7, 11) is 0. The van der Waals surface area contributed by atoms with Gasteiger partial charge in [-0.3, -0.25) is 4.79 Å². The summed E-state index contributed by atoms with van der Waals surface area (Å²) in [6.07, 6.45) is -0.802. The van der Waals surface area contributed by atoms with E-state index in [1.54, 1.807) is 18.2 Å². The molecule has 100 valence electrons. The predicted molar refractivity (Wildman–Crippen MR) is 74.9 cm³/mol. The minimum absolute atomic E-state index is 0.180. The predicted octanol–water partition coefficient (Wildman–Crippen LogP) is 0.947. The van der Waals surface area contributed by atoms with Crippen LogP contribution in [0, 0.1) is 0 Å². The number of rotatable bonds is 6. The zero-order chi connectivity index (χ0) is 13.5. The van der Waals surface area contributed by atoms with Crippen LogP contribution < -0.4 is 11.1 Å². The molecule has 0 radical (unpaired) electrons. The van der Waals surface area contributed by atoms with Crippen molar-refractivity contribution >= 4 is 40.6 Å². The molecule has 0 aliphatic carbocycles. The molecule has 5 N–H and O–H groups in total. The summed E-state index contributed by atoms with van der Waals surface area (Å²) in [4.78, 5) is 11.6. The molecule has 0 saturated heterocycles. The summed E-state index contributed by atoms with van der Waals surface area (Å²) in [5, 5.41) is 20.8. The van der Waals surface area contributed by atoms with E-state index in [-0.39, 0.29) is 18.3 Å². The number of thioether (sulfide) groups is 1. The fourth-order valence-corrected chi connectivity index (χ4v) is 2.11. The maximum atomic E-state index is 11.6. The van der Waals surface area contributed by atoms with E-state index in [9.17, 15) is 4.79 Å². The molecule has 1 aromatic carbocycles. The Morgan fingerprint density at radius 3 is 2.89 bits per heavy atom. The first-order chi connectivity index (χ1) is 8.52. The molecule has 0 aliphatic heterocycles. The van der Waals surface area contributed by atoms with E-state index >= 15 is 0 Å². The SMILES string of the molecule is Nc1cc(Cl)ccc1NC(=O)CSCC(O)CO.